The predicted octanol–water partition coefficient (Wildman–Crippen LogP) is 9.47. The molecule has 1 fully saturated rings. The van der Waals surface area contributed by atoms with Crippen molar-refractivity contribution in [2.75, 3.05) is 6.61 Å². The van der Waals surface area contributed by atoms with Gasteiger partial charge >= 0.3 is 0 Å². The number of hydrogen-bond donors (Lipinski definition) is 0. The molecule has 0 atom stereocenters. The molecule has 0 bridgehead atoms. The van der Waals surface area contributed by atoms with E-state index in [4.69, 9.17) is 4.74 Å². The Hall–Kier alpha value is -3.08. The molecule has 37 heavy (non-hydrogen) atoms. The summed E-state index contributed by atoms with van der Waals surface area (Å²) >= 11 is 0. The molecule has 0 spiro atoms. The third-order valence-corrected chi connectivity index (χ3v) is 7.52. The summed E-state index contributed by atoms with van der Waals surface area (Å²) in [7, 11) is 0. The van der Waals surface area contributed by atoms with Crippen LogP contribution in [0.2, 0.25) is 0 Å². The van der Waals surface area contributed by atoms with Crippen LogP contribution < -0.4 is 4.74 Å². The Balaban J connectivity index is 1.32. The number of halogens is 4. The van der Waals surface area contributed by atoms with Crippen LogP contribution in [0.5, 0.6) is 5.75 Å². The molecule has 0 heterocycles. The van der Waals surface area contributed by atoms with Crippen molar-refractivity contribution in [2.24, 2.45) is 5.92 Å². The Bertz CT molecular complexity index is 1210. The van der Waals surface area contributed by atoms with Gasteiger partial charge in [0.2, 0.25) is 5.82 Å². The molecular formula is C32H34F4O. The van der Waals surface area contributed by atoms with E-state index in [1.807, 2.05) is 19.1 Å². The quantitative estimate of drug-likeness (QED) is 0.150. The average Bonchev–Trinajstić information content (AvgIpc) is 2.91. The Morgan fingerprint density at radius 2 is 1.57 bits per heavy atom. The number of aryl methyl sites for hydroxylation is 2. The number of ether oxygens (including phenoxy) is 1. The van der Waals surface area contributed by atoms with Crippen LogP contribution in [0.1, 0.15) is 67.6 Å². The van der Waals surface area contributed by atoms with Gasteiger partial charge in [0.1, 0.15) is 0 Å². The second-order valence-corrected chi connectivity index (χ2v) is 10.1. The van der Waals surface area contributed by atoms with Gasteiger partial charge in [0.25, 0.3) is 0 Å². The van der Waals surface area contributed by atoms with E-state index in [0.717, 1.165) is 44.1 Å². The van der Waals surface area contributed by atoms with Crippen molar-refractivity contribution < 1.29 is 22.3 Å². The molecule has 1 nitrogen and oxygen atoms in total. The van der Waals surface area contributed by atoms with E-state index in [-0.39, 0.29) is 17.2 Å². The molecular weight excluding hydrogens is 476 g/mol. The topological polar surface area (TPSA) is 9.23 Å². The number of rotatable bonds is 10. The van der Waals surface area contributed by atoms with Crippen LogP contribution in [-0.2, 0) is 6.42 Å². The summed E-state index contributed by atoms with van der Waals surface area (Å²) in [5, 5.41) is 0. The third-order valence-electron chi connectivity index (χ3n) is 7.52. The first kappa shape index (κ1) is 27.0. The van der Waals surface area contributed by atoms with Crippen molar-refractivity contribution in [3.05, 3.63) is 101 Å². The summed E-state index contributed by atoms with van der Waals surface area (Å²) < 4.78 is 64.3. The first-order valence-corrected chi connectivity index (χ1v) is 13.1. The maximum absolute atomic E-state index is 15.0. The van der Waals surface area contributed by atoms with Crippen LogP contribution >= 0.6 is 0 Å². The highest BCUT2D eigenvalue weighted by Crippen LogP contribution is 2.40. The van der Waals surface area contributed by atoms with E-state index in [1.165, 1.54) is 6.07 Å². The maximum atomic E-state index is 15.0. The number of hydrogen-bond acceptors (Lipinski definition) is 1. The summed E-state index contributed by atoms with van der Waals surface area (Å²) in [4.78, 5) is 0. The summed E-state index contributed by atoms with van der Waals surface area (Å²) in [5.41, 5.74) is 2.78. The second-order valence-electron chi connectivity index (χ2n) is 10.1. The van der Waals surface area contributed by atoms with Crippen LogP contribution in [0.4, 0.5) is 17.6 Å². The van der Waals surface area contributed by atoms with Gasteiger partial charge in [-0.15, -0.1) is 6.58 Å². The molecule has 0 saturated heterocycles. The molecule has 1 aliphatic rings. The van der Waals surface area contributed by atoms with Crippen LogP contribution in [0, 0.1) is 36.1 Å². The SMILES string of the molecule is C=CCCCOc1ccc(CCC2CCC(c3ccc(-c4ccc(C)cc4)c(F)c3F)CC2)c(F)c1F. The van der Waals surface area contributed by atoms with Gasteiger partial charge in [-0.05, 0) is 92.9 Å². The van der Waals surface area contributed by atoms with Crippen molar-refractivity contribution in [3.63, 3.8) is 0 Å². The van der Waals surface area contributed by atoms with Gasteiger partial charge < -0.3 is 4.74 Å². The summed E-state index contributed by atoms with van der Waals surface area (Å²) in [6, 6.07) is 13.9. The second kappa shape index (κ2) is 12.4. The normalized spacial score (nSPS) is 17.5. The van der Waals surface area contributed by atoms with Crippen LogP contribution in [0.25, 0.3) is 11.1 Å². The predicted molar refractivity (Wildman–Crippen MR) is 141 cm³/mol. The lowest BCUT2D eigenvalue weighted by molar-refractivity contribution is 0.288. The van der Waals surface area contributed by atoms with Crippen molar-refractivity contribution in [1.29, 1.82) is 0 Å². The molecule has 0 aliphatic heterocycles. The van der Waals surface area contributed by atoms with Crippen LogP contribution in [-0.4, -0.2) is 6.61 Å². The van der Waals surface area contributed by atoms with Crippen molar-refractivity contribution in [3.8, 4) is 16.9 Å². The zero-order chi connectivity index (χ0) is 26.4. The van der Waals surface area contributed by atoms with E-state index in [2.05, 4.69) is 6.58 Å². The molecule has 196 valence electrons. The van der Waals surface area contributed by atoms with Gasteiger partial charge in [0, 0.05) is 5.56 Å². The summed E-state index contributed by atoms with van der Waals surface area (Å²) in [6.45, 7) is 5.89. The van der Waals surface area contributed by atoms with E-state index >= 15 is 4.39 Å². The monoisotopic (exact) mass is 510 g/mol. The fraction of sp³-hybridized carbons (Fsp3) is 0.375. The third kappa shape index (κ3) is 6.44. The molecule has 4 rings (SSSR count). The van der Waals surface area contributed by atoms with Gasteiger partial charge in [-0.25, -0.2) is 13.2 Å². The largest absolute Gasteiger partial charge is 0.490 e. The standard InChI is InChI=1S/C32H34F4O/c1-3-4-5-20-37-28-19-16-25(29(33)32(28)36)15-10-22-8-13-24(14-9-22)27-18-17-26(30(34)31(27)35)23-11-6-21(2)7-12-23/h3,6-7,11-12,16-19,22,24H,1,4-5,8-10,13-15,20H2,2H3. The smallest absolute Gasteiger partial charge is 0.200 e. The number of unbranched alkanes of at least 4 members (excludes halogenated alkanes) is 1. The molecule has 0 radical (unpaired) electrons. The zero-order valence-electron chi connectivity index (χ0n) is 21.3. The highest BCUT2D eigenvalue weighted by Gasteiger charge is 2.27. The first-order chi connectivity index (χ1) is 17.9. The van der Waals surface area contributed by atoms with E-state index < -0.39 is 23.3 Å². The lowest BCUT2D eigenvalue weighted by atomic mass is 9.76. The molecule has 0 amide bonds. The zero-order valence-corrected chi connectivity index (χ0v) is 21.3. The molecule has 3 aromatic carbocycles. The van der Waals surface area contributed by atoms with E-state index in [0.29, 0.717) is 42.1 Å². The minimum absolute atomic E-state index is 0.0375. The van der Waals surface area contributed by atoms with E-state index in [9.17, 15) is 13.2 Å². The van der Waals surface area contributed by atoms with Crippen molar-refractivity contribution in [2.45, 2.75) is 64.2 Å². The maximum Gasteiger partial charge on any atom is 0.200 e. The van der Waals surface area contributed by atoms with Gasteiger partial charge in [0.05, 0.1) is 6.61 Å². The van der Waals surface area contributed by atoms with Gasteiger partial charge in [-0.3, -0.25) is 0 Å². The Kier molecular flexibility index (Phi) is 9.07. The molecule has 3 aromatic rings. The molecule has 0 aromatic heterocycles. The molecule has 5 heteroatoms. The minimum Gasteiger partial charge on any atom is -0.490 e. The lowest BCUT2D eigenvalue weighted by Crippen LogP contribution is -2.16. The summed E-state index contributed by atoms with van der Waals surface area (Å²) in [6.07, 6.45) is 7.56. The molecule has 1 aliphatic carbocycles. The van der Waals surface area contributed by atoms with Crippen molar-refractivity contribution >= 4 is 0 Å². The highest BCUT2D eigenvalue weighted by atomic mass is 19.2. The Morgan fingerprint density at radius 1 is 0.838 bits per heavy atom. The minimum atomic E-state index is -0.939. The fourth-order valence-corrected chi connectivity index (χ4v) is 5.24. The van der Waals surface area contributed by atoms with Gasteiger partial charge in [-0.1, -0.05) is 54.1 Å². The Labute approximate surface area is 217 Å². The molecule has 0 N–H and O–H groups in total. The van der Waals surface area contributed by atoms with Gasteiger partial charge in [-0.2, -0.15) is 4.39 Å². The van der Waals surface area contributed by atoms with Gasteiger partial charge in [0.15, 0.2) is 23.2 Å². The molecule has 1 saturated carbocycles. The first-order valence-electron chi connectivity index (χ1n) is 13.1. The lowest BCUT2D eigenvalue weighted by Gasteiger charge is -2.29. The number of allylic oxidation sites excluding steroid dienone is 1. The van der Waals surface area contributed by atoms with Crippen LogP contribution in [0.3, 0.4) is 0 Å². The average molecular weight is 511 g/mol. The van der Waals surface area contributed by atoms with E-state index in [1.54, 1.807) is 36.4 Å². The molecule has 0 unspecified atom stereocenters. The van der Waals surface area contributed by atoms with Crippen LogP contribution in [0.15, 0.2) is 61.2 Å². The highest BCUT2D eigenvalue weighted by molar-refractivity contribution is 5.65. The fourth-order valence-electron chi connectivity index (χ4n) is 5.24. The van der Waals surface area contributed by atoms with Crippen molar-refractivity contribution in [1.82, 2.24) is 0 Å². The number of benzene rings is 3. The Morgan fingerprint density at radius 3 is 2.27 bits per heavy atom. The summed E-state index contributed by atoms with van der Waals surface area (Å²) in [5.74, 6) is -3.10.